The van der Waals surface area contributed by atoms with Crippen LogP contribution in [0.5, 0.6) is 5.75 Å². The number of carbonyl (C=O) groups is 1. The fraction of sp³-hybridized carbons (Fsp3) is 0.500. The highest BCUT2D eigenvalue weighted by Crippen LogP contribution is 2.26. The van der Waals surface area contributed by atoms with E-state index in [1.165, 1.54) is 11.3 Å². The first-order chi connectivity index (χ1) is 13.6. The van der Waals surface area contributed by atoms with E-state index in [4.69, 9.17) is 9.72 Å². The second-order valence-corrected chi connectivity index (χ2v) is 7.89. The molecule has 1 atom stereocenters. The van der Waals surface area contributed by atoms with Crippen molar-refractivity contribution < 1.29 is 9.53 Å². The fourth-order valence-electron chi connectivity index (χ4n) is 4.11. The molecule has 6 heteroatoms. The van der Waals surface area contributed by atoms with Gasteiger partial charge in [-0.1, -0.05) is 12.1 Å². The number of hydrogen-bond acceptors (Lipinski definition) is 5. The highest BCUT2D eigenvalue weighted by molar-refractivity contribution is 5.79. The number of ether oxygens (including phenoxy) is 1. The SMILES string of the molecule is COc1ccc(CC(=O)N2CCC[C@H](c3ncc4c(n3)CCN(C)C4)C2)cc1. The average molecular weight is 380 g/mol. The van der Waals surface area contributed by atoms with E-state index in [0.717, 1.165) is 56.0 Å². The number of methoxy groups -OCH3 is 1. The predicted molar refractivity (Wildman–Crippen MR) is 107 cm³/mol. The minimum atomic E-state index is 0.175. The number of likely N-dealkylation sites (N-methyl/N-ethyl adjacent to an activating group) is 1. The molecular formula is C22H28N4O2. The summed E-state index contributed by atoms with van der Waals surface area (Å²) in [5, 5.41) is 0. The summed E-state index contributed by atoms with van der Waals surface area (Å²) in [6, 6.07) is 7.73. The number of piperidine rings is 1. The van der Waals surface area contributed by atoms with E-state index in [1.54, 1.807) is 7.11 Å². The summed E-state index contributed by atoms with van der Waals surface area (Å²) in [7, 11) is 3.78. The third kappa shape index (κ3) is 4.17. The standard InChI is InChI=1S/C22H28N4O2/c1-25-11-9-20-18(14-25)13-23-22(24-20)17-4-3-10-26(15-17)21(27)12-16-5-7-19(28-2)8-6-16/h5-8,13,17H,3-4,9-12,14-15H2,1-2H3/t17-/m0/s1. The van der Waals surface area contributed by atoms with E-state index in [-0.39, 0.29) is 11.8 Å². The molecule has 1 amide bonds. The van der Waals surface area contributed by atoms with Crippen LogP contribution in [0.1, 0.15) is 41.4 Å². The van der Waals surface area contributed by atoms with E-state index >= 15 is 0 Å². The number of nitrogens with zero attached hydrogens (tertiary/aromatic N) is 4. The molecule has 0 aliphatic carbocycles. The Hall–Kier alpha value is -2.47. The van der Waals surface area contributed by atoms with Crippen molar-refractivity contribution in [2.75, 3.05) is 33.8 Å². The second-order valence-electron chi connectivity index (χ2n) is 7.89. The molecule has 2 aromatic rings. The van der Waals surface area contributed by atoms with Gasteiger partial charge in [0.15, 0.2) is 0 Å². The zero-order valence-electron chi connectivity index (χ0n) is 16.7. The lowest BCUT2D eigenvalue weighted by molar-refractivity contribution is -0.131. The lowest BCUT2D eigenvalue weighted by atomic mass is 9.96. The maximum absolute atomic E-state index is 12.8. The van der Waals surface area contributed by atoms with Crippen LogP contribution in [0.25, 0.3) is 0 Å². The number of carbonyl (C=O) groups excluding carboxylic acids is 1. The van der Waals surface area contributed by atoms with Crippen LogP contribution in [0, 0.1) is 0 Å². The minimum Gasteiger partial charge on any atom is -0.497 e. The normalized spacial score (nSPS) is 19.9. The van der Waals surface area contributed by atoms with Gasteiger partial charge in [0.1, 0.15) is 11.6 Å². The number of benzene rings is 1. The van der Waals surface area contributed by atoms with Crippen molar-refractivity contribution in [2.45, 2.75) is 38.1 Å². The summed E-state index contributed by atoms with van der Waals surface area (Å²) in [4.78, 5) is 26.6. The summed E-state index contributed by atoms with van der Waals surface area (Å²) in [6.45, 7) is 3.50. The number of aromatic nitrogens is 2. The molecule has 148 valence electrons. The number of rotatable bonds is 4. The first kappa shape index (κ1) is 18.9. The van der Waals surface area contributed by atoms with Crippen LogP contribution in [-0.2, 0) is 24.2 Å². The largest absolute Gasteiger partial charge is 0.497 e. The smallest absolute Gasteiger partial charge is 0.227 e. The van der Waals surface area contributed by atoms with Gasteiger partial charge in [-0.2, -0.15) is 0 Å². The highest BCUT2D eigenvalue weighted by Gasteiger charge is 2.27. The van der Waals surface area contributed by atoms with Crippen molar-refractivity contribution in [1.29, 1.82) is 0 Å². The van der Waals surface area contributed by atoms with Gasteiger partial charge in [-0.25, -0.2) is 9.97 Å². The quantitative estimate of drug-likeness (QED) is 0.815. The van der Waals surface area contributed by atoms with Crippen molar-refractivity contribution in [2.24, 2.45) is 0 Å². The Morgan fingerprint density at radius 1 is 1.25 bits per heavy atom. The van der Waals surface area contributed by atoms with Gasteiger partial charge in [-0.05, 0) is 37.6 Å². The topological polar surface area (TPSA) is 58.6 Å². The number of likely N-dealkylation sites (tertiary alicyclic amines) is 1. The third-order valence-electron chi connectivity index (χ3n) is 5.80. The molecule has 0 bridgehead atoms. The van der Waals surface area contributed by atoms with Crippen molar-refractivity contribution in [3.8, 4) is 5.75 Å². The zero-order valence-corrected chi connectivity index (χ0v) is 16.7. The van der Waals surface area contributed by atoms with Crippen molar-refractivity contribution >= 4 is 5.91 Å². The lowest BCUT2D eigenvalue weighted by Crippen LogP contribution is -2.40. The van der Waals surface area contributed by atoms with Gasteiger partial charge >= 0.3 is 0 Å². The summed E-state index contributed by atoms with van der Waals surface area (Å²) >= 11 is 0. The molecule has 1 fully saturated rings. The monoisotopic (exact) mass is 380 g/mol. The van der Waals surface area contributed by atoms with Gasteiger partial charge in [0.05, 0.1) is 13.5 Å². The summed E-state index contributed by atoms with van der Waals surface area (Å²) in [5.41, 5.74) is 3.44. The first-order valence-corrected chi connectivity index (χ1v) is 10.1. The maximum Gasteiger partial charge on any atom is 0.227 e. The Labute approximate surface area is 166 Å². The van der Waals surface area contributed by atoms with Gasteiger partial charge in [-0.15, -0.1) is 0 Å². The molecular weight excluding hydrogens is 352 g/mol. The first-order valence-electron chi connectivity index (χ1n) is 10.1. The average Bonchev–Trinajstić information content (AvgIpc) is 2.74. The van der Waals surface area contributed by atoms with Crippen LogP contribution < -0.4 is 4.74 Å². The molecule has 0 radical (unpaired) electrons. The van der Waals surface area contributed by atoms with Crippen LogP contribution >= 0.6 is 0 Å². The molecule has 2 aliphatic heterocycles. The van der Waals surface area contributed by atoms with E-state index in [9.17, 15) is 4.79 Å². The van der Waals surface area contributed by atoms with Crippen LogP contribution in [-0.4, -0.2) is 59.5 Å². The summed E-state index contributed by atoms with van der Waals surface area (Å²) in [6.07, 6.45) is 5.45. The Morgan fingerprint density at radius 2 is 2.07 bits per heavy atom. The molecule has 0 N–H and O–H groups in total. The molecule has 2 aliphatic rings. The molecule has 1 saturated heterocycles. The van der Waals surface area contributed by atoms with Gasteiger partial charge in [0.25, 0.3) is 0 Å². The van der Waals surface area contributed by atoms with Crippen LogP contribution in [0.3, 0.4) is 0 Å². The van der Waals surface area contributed by atoms with Crippen LogP contribution in [0.4, 0.5) is 0 Å². The molecule has 1 aromatic carbocycles. The van der Waals surface area contributed by atoms with E-state index in [1.807, 2.05) is 35.4 Å². The van der Waals surface area contributed by atoms with E-state index < -0.39 is 0 Å². The minimum absolute atomic E-state index is 0.175. The van der Waals surface area contributed by atoms with E-state index in [2.05, 4.69) is 16.9 Å². The van der Waals surface area contributed by atoms with Crippen molar-refractivity contribution in [1.82, 2.24) is 19.8 Å². The fourth-order valence-corrected chi connectivity index (χ4v) is 4.11. The van der Waals surface area contributed by atoms with Gasteiger partial charge < -0.3 is 14.5 Å². The molecule has 4 rings (SSSR count). The molecule has 6 nitrogen and oxygen atoms in total. The van der Waals surface area contributed by atoms with Gasteiger partial charge in [-0.3, -0.25) is 4.79 Å². The predicted octanol–water partition coefficient (Wildman–Crippen LogP) is 2.42. The summed E-state index contributed by atoms with van der Waals surface area (Å²) in [5.74, 6) is 2.13. The maximum atomic E-state index is 12.8. The molecule has 0 saturated carbocycles. The summed E-state index contributed by atoms with van der Waals surface area (Å²) < 4.78 is 5.19. The Bertz CT molecular complexity index is 837. The number of fused-ring (bicyclic) bond motifs is 1. The Morgan fingerprint density at radius 3 is 2.86 bits per heavy atom. The molecule has 3 heterocycles. The molecule has 0 spiro atoms. The van der Waals surface area contributed by atoms with Crippen molar-refractivity contribution in [3.05, 3.63) is 53.1 Å². The van der Waals surface area contributed by atoms with E-state index in [0.29, 0.717) is 13.0 Å². The molecule has 28 heavy (non-hydrogen) atoms. The zero-order chi connectivity index (χ0) is 19.5. The second kappa shape index (κ2) is 8.27. The number of hydrogen-bond donors (Lipinski definition) is 0. The van der Waals surface area contributed by atoms with Gasteiger partial charge in [0.2, 0.25) is 5.91 Å². The Kier molecular flexibility index (Phi) is 5.57. The lowest BCUT2D eigenvalue weighted by Gasteiger charge is -2.33. The van der Waals surface area contributed by atoms with Crippen molar-refractivity contribution in [3.63, 3.8) is 0 Å². The molecule has 0 unspecified atom stereocenters. The molecule has 1 aromatic heterocycles. The third-order valence-corrected chi connectivity index (χ3v) is 5.80. The van der Waals surface area contributed by atoms with Gasteiger partial charge in [0, 0.05) is 56.0 Å². The van der Waals surface area contributed by atoms with Crippen LogP contribution in [0.2, 0.25) is 0 Å². The Balaban J connectivity index is 1.41. The highest BCUT2D eigenvalue weighted by atomic mass is 16.5. The van der Waals surface area contributed by atoms with Crippen LogP contribution in [0.15, 0.2) is 30.5 Å². The number of amides is 1.